The molecule has 0 saturated heterocycles. The molecule has 0 amide bonds. The largest absolute Gasteiger partial charge is 0.399 e. The minimum absolute atomic E-state index is 0.732. The van der Waals surface area contributed by atoms with Crippen LogP contribution in [0.5, 0.6) is 0 Å². The SMILES string of the molecule is CCn1ccnc1CSc1cc(N)ccc1Cl. The first kappa shape index (κ1) is 12.3. The third-order valence-electron chi connectivity index (χ3n) is 2.45. The highest BCUT2D eigenvalue weighted by atomic mass is 35.5. The predicted octanol–water partition coefficient (Wildman–Crippen LogP) is 3.43. The van der Waals surface area contributed by atoms with Crippen LogP contribution in [0.25, 0.3) is 0 Å². The zero-order chi connectivity index (χ0) is 12.3. The number of aryl methyl sites for hydroxylation is 1. The molecule has 3 nitrogen and oxygen atoms in total. The maximum Gasteiger partial charge on any atom is 0.119 e. The van der Waals surface area contributed by atoms with Crippen LogP contribution in [0.3, 0.4) is 0 Å². The normalized spacial score (nSPS) is 10.7. The molecule has 0 aliphatic carbocycles. The van der Waals surface area contributed by atoms with Gasteiger partial charge in [0.1, 0.15) is 5.82 Å². The van der Waals surface area contributed by atoms with E-state index in [-0.39, 0.29) is 0 Å². The molecule has 0 aliphatic heterocycles. The lowest BCUT2D eigenvalue weighted by Gasteiger charge is -2.06. The van der Waals surface area contributed by atoms with Crippen LogP contribution in [-0.2, 0) is 12.3 Å². The van der Waals surface area contributed by atoms with Crippen molar-refractivity contribution in [3.05, 3.63) is 41.4 Å². The van der Waals surface area contributed by atoms with Crippen LogP contribution in [0, 0.1) is 0 Å². The van der Waals surface area contributed by atoms with Gasteiger partial charge in [0.2, 0.25) is 0 Å². The molecule has 0 bridgehead atoms. The van der Waals surface area contributed by atoms with E-state index in [0.29, 0.717) is 0 Å². The minimum Gasteiger partial charge on any atom is -0.399 e. The van der Waals surface area contributed by atoms with E-state index in [9.17, 15) is 0 Å². The molecular formula is C12H14ClN3S. The van der Waals surface area contributed by atoms with Gasteiger partial charge in [-0.2, -0.15) is 0 Å². The molecule has 0 atom stereocenters. The number of hydrogen-bond donors (Lipinski definition) is 1. The number of nitrogen functional groups attached to an aromatic ring is 1. The summed E-state index contributed by atoms with van der Waals surface area (Å²) in [4.78, 5) is 5.32. The van der Waals surface area contributed by atoms with Crippen LogP contribution < -0.4 is 5.73 Å². The summed E-state index contributed by atoms with van der Waals surface area (Å²) in [6.45, 7) is 3.03. The van der Waals surface area contributed by atoms with Gasteiger partial charge in [0.05, 0.1) is 10.8 Å². The molecule has 0 saturated carbocycles. The summed E-state index contributed by atoms with van der Waals surface area (Å²) in [7, 11) is 0. The monoisotopic (exact) mass is 267 g/mol. The lowest BCUT2D eigenvalue weighted by atomic mass is 10.3. The molecule has 2 rings (SSSR count). The molecule has 2 N–H and O–H groups in total. The van der Waals surface area contributed by atoms with Gasteiger partial charge in [0, 0.05) is 29.5 Å². The average molecular weight is 268 g/mol. The Hall–Kier alpha value is -1.13. The van der Waals surface area contributed by atoms with Crippen molar-refractivity contribution in [2.45, 2.75) is 24.1 Å². The van der Waals surface area contributed by atoms with Gasteiger partial charge in [-0.25, -0.2) is 4.98 Å². The molecule has 1 heterocycles. The van der Waals surface area contributed by atoms with E-state index in [1.807, 2.05) is 24.5 Å². The molecule has 0 aliphatic rings. The molecule has 0 radical (unpaired) electrons. The second-order valence-electron chi connectivity index (χ2n) is 3.61. The van der Waals surface area contributed by atoms with E-state index in [1.54, 1.807) is 17.8 Å². The maximum absolute atomic E-state index is 6.11. The molecule has 0 spiro atoms. The number of nitrogens with zero attached hydrogens (tertiary/aromatic N) is 2. The number of anilines is 1. The lowest BCUT2D eigenvalue weighted by molar-refractivity contribution is 0.726. The van der Waals surface area contributed by atoms with Gasteiger partial charge >= 0.3 is 0 Å². The molecule has 1 aromatic heterocycles. The highest BCUT2D eigenvalue weighted by Crippen LogP contribution is 2.30. The number of nitrogens with two attached hydrogens (primary N) is 1. The van der Waals surface area contributed by atoms with Gasteiger partial charge in [-0.05, 0) is 25.1 Å². The van der Waals surface area contributed by atoms with Crippen molar-refractivity contribution in [2.24, 2.45) is 0 Å². The summed E-state index contributed by atoms with van der Waals surface area (Å²) in [6.07, 6.45) is 3.80. The van der Waals surface area contributed by atoms with Gasteiger partial charge < -0.3 is 10.3 Å². The number of imidazole rings is 1. The summed E-state index contributed by atoms with van der Waals surface area (Å²) in [5, 5.41) is 0.735. The minimum atomic E-state index is 0.732. The quantitative estimate of drug-likeness (QED) is 0.682. The highest BCUT2D eigenvalue weighted by molar-refractivity contribution is 7.98. The van der Waals surface area contributed by atoms with Crippen LogP contribution >= 0.6 is 23.4 Å². The number of rotatable bonds is 4. The first-order valence-corrected chi connectivity index (χ1v) is 6.75. The Bertz CT molecular complexity index is 510. The van der Waals surface area contributed by atoms with Crippen molar-refractivity contribution in [1.82, 2.24) is 9.55 Å². The molecule has 5 heteroatoms. The van der Waals surface area contributed by atoms with E-state index in [0.717, 1.165) is 33.7 Å². The average Bonchev–Trinajstić information content (AvgIpc) is 2.77. The second-order valence-corrected chi connectivity index (χ2v) is 5.03. The lowest BCUT2D eigenvalue weighted by Crippen LogP contribution is -1.99. The molecule has 0 unspecified atom stereocenters. The Morgan fingerprint density at radius 1 is 1.47 bits per heavy atom. The zero-order valence-corrected chi connectivity index (χ0v) is 11.1. The number of aromatic nitrogens is 2. The first-order chi connectivity index (χ1) is 8.20. The fraction of sp³-hybridized carbons (Fsp3) is 0.250. The van der Waals surface area contributed by atoms with Gasteiger partial charge in [0.25, 0.3) is 0 Å². The van der Waals surface area contributed by atoms with Gasteiger partial charge in [-0.3, -0.25) is 0 Å². The first-order valence-electron chi connectivity index (χ1n) is 5.38. The number of benzene rings is 1. The van der Waals surface area contributed by atoms with Gasteiger partial charge in [0.15, 0.2) is 0 Å². The van der Waals surface area contributed by atoms with Crippen molar-refractivity contribution < 1.29 is 0 Å². The van der Waals surface area contributed by atoms with Crippen molar-refractivity contribution >= 4 is 29.1 Å². The Balaban J connectivity index is 2.09. The molecule has 2 aromatic rings. The van der Waals surface area contributed by atoms with Gasteiger partial charge in [-0.15, -0.1) is 11.8 Å². The van der Waals surface area contributed by atoms with Crippen molar-refractivity contribution in [3.63, 3.8) is 0 Å². The van der Waals surface area contributed by atoms with E-state index < -0.39 is 0 Å². The third-order valence-corrected chi connectivity index (χ3v) is 3.95. The topological polar surface area (TPSA) is 43.8 Å². The van der Waals surface area contributed by atoms with Crippen LogP contribution in [0.15, 0.2) is 35.5 Å². The van der Waals surface area contributed by atoms with Crippen LogP contribution in [-0.4, -0.2) is 9.55 Å². The Labute approximate surface area is 110 Å². The molecular weight excluding hydrogens is 254 g/mol. The molecule has 0 fully saturated rings. The smallest absolute Gasteiger partial charge is 0.119 e. The highest BCUT2D eigenvalue weighted by Gasteiger charge is 2.05. The van der Waals surface area contributed by atoms with Crippen molar-refractivity contribution in [1.29, 1.82) is 0 Å². The number of thioether (sulfide) groups is 1. The zero-order valence-electron chi connectivity index (χ0n) is 9.56. The van der Waals surface area contributed by atoms with Crippen LogP contribution in [0.4, 0.5) is 5.69 Å². The Kier molecular flexibility index (Phi) is 3.97. The van der Waals surface area contributed by atoms with Crippen LogP contribution in [0.1, 0.15) is 12.7 Å². The summed E-state index contributed by atoms with van der Waals surface area (Å²) >= 11 is 7.76. The fourth-order valence-electron chi connectivity index (χ4n) is 1.54. The van der Waals surface area contributed by atoms with Gasteiger partial charge in [-0.1, -0.05) is 11.6 Å². The summed E-state index contributed by atoms with van der Waals surface area (Å²) in [5.41, 5.74) is 6.47. The standard InChI is InChI=1S/C12H14ClN3S/c1-2-16-6-5-15-12(16)8-17-11-7-9(14)3-4-10(11)13/h3-7H,2,8,14H2,1H3. The summed E-state index contributed by atoms with van der Waals surface area (Å²) in [5.74, 6) is 1.85. The molecule has 1 aromatic carbocycles. The summed E-state index contributed by atoms with van der Waals surface area (Å²) < 4.78 is 2.12. The third kappa shape index (κ3) is 2.96. The van der Waals surface area contributed by atoms with Crippen molar-refractivity contribution in [2.75, 3.05) is 5.73 Å². The van der Waals surface area contributed by atoms with E-state index in [2.05, 4.69) is 16.5 Å². The number of halogens is 1. The van der Waals surface area contributed by atoms with E-state index >= 15 is 0 Å². The Morgan fingerprint density at radius 2 is 2.29 bits per heavy atom. The molecule has 17 heavy (non-hydrogen) atoms. The summed E-state index contributed by atoms with van der Waals surface area (Å²) in [6, 6.07) is 5.52. The van der Waals surface area contributed by atoms with Crippen molar-refractivity contribution in [3.8, 4) is 0 Å². The molecule has 90 valence electrons. The van der Waals surface area contributed by atoms with Crippen LogP contribution in [0.2, 0.25) is 5.02 Å². The predicted molar refractivity (Wildman–Crippen MR) is 73.3 cm³/mol. The van der Waals surface area contributed by atoms with E-state index in [4.69, 9.17) is 17.3 Å². The maximum atomic E-state index is 6.11. The number of hydrogen-bond acceptors (Lipinski definition) is 3. The fourth-order valence-corrected chi connectivity index (χ4v) is 2.77. The second kappa shape index (κ2) is 5.47. The Morgan fingerprint density at radius 3 is 3.06 bits per heavy atom. The van der Waals surface area contributed by atoms with E-state index in [1.165, 1.54) is 0 Å².